The molecule has 1 spiro atoms. The van der Waals surface area contributed by atoms with E-state index < -0.39 is 0 Å². The zero-order valence-electron chi connectivity index (χ0n) is 21.1. The molecule has 1 saturated carbocycles. The van der Waals surface area contributed by atoms with Crippen molar-refractivity contribution in [3.8, 4) is 23.1 Å². The minimum Gasteiger partial charge on any atom is -0.490 e. The second-order valence-corrected chi connectivity index (χ2v) is 9.62. The van der Waals surface area contributed by atoms with Crippen LogP contribution in [0.15, 0.2) is 60.3 Å². The van der Waals surface area contributed by atoms with E-state index in [4.69, 9.17) is 9.72 Å². The lowest BCUT2D eigenvalue weighted by atomic mass is 9.81. The van der Waals surface area contributed by atoms with Crippen LogP contribution in [0.1, 0.15) is 51.4 Å². The number of carbonyl (C=O) groups excluding carboxylic acids is 1. The summed E-state index contributed by atoms with van der Waals surface area (Å²) in [7, 11) is 0. The third-order valence-electron chi connectivity index (χ3n) is 6.88. The molecule has 4 rings (SSSR count). The van der Waals surface area contributed by atoms with Crippen LogP contribution >= 0.6 is 0 Å². The fraction of sp³-hybridized carbons (Fsp3) is 0.379. The molecule has 186 valence electrons. The van der Waals surface area contributed by atoms with Gasteiger partial charge in [0.15, 0.2) is 5.82 Å². The van der Waals surface area contributed by atoms with E-state index in [0.29, 0.717) is 42.3 Å². The number of rotatable bonds is 7. The average molecular weight is 485 g/mol. The number of β-amino-alcohol motifs (C(OH)–C–C–N with tert-alkyl or cyclic N) is 1. The summed E-state index contributed by atoms with van der Waals surface area (Å²) in [6, 6.07) is 9.53. The summed E-state index contributed by atoms with van der Waals surface area (Å²) in [5, 5.41) is 19.0. The molecule has 7 heteroatoms. The largest absolute Gasteiger partial charge is 0.490 e. The summed E-state index contributed by atoms with van der Waals surface area (Å²) in [5.74, 6) is 1.20. The van der Waals surface area contributed by atoms with Gasteiger partial charge >= 0.3 is 0 Å². The SMILES string of the molecule is C=C1/C(=C(\C=C/C)c2nccc(-c3ccc(OC(C)C)c(C#N)c3)n2)CC[C@@]12CC(=O)N(CCO)C2. The number of hydrogen-bond donors (Lipinski definition) is 1. The molecule has 1 atom stereocenters. The normalized spacial score (nSPS) is 21.2. The number of amides is 1. The first-order valence-corrected chi connectivity index (χ1v) is 12.3. The van der Waals surface area contributed by atoms with Crippen molar-refractivity contribution in [3.05, 3.63) is 71.7 Å². The minimum absolute atomic E-state index is 0.0303. The molecule has 2 aliphatic rings. The number of ether oxygens (including phenoxy) is 1. The smallest absolute Gasteiger partial charge is 0.223 e. The Hall–Kier alpha value is -3.76. The Morgan fingerprint density at radius 2 is 2.19 bits per heavy atom. The van der Waals surface area contributed by atoms with Gasteiger partial charge in [-0.2, -0.15) is 5.26 Å². The lowest BCUT2D eigenvalue weighted by Gasteiger charge is -2.25. The molecule has 1 amide bonds. The first-order valence-electron chi connectivity index (χ1n) is 12.3. The van der Waals surface area contributed by atoms with E-state index in [9.17, 15) is 15.2 Å². The van der Waals surface area contributed by atoms with Crippen LogP contribution in [-0.4, -0.2) is 51.7 Å². The fourth-order valence-electron chi connectivity index (χ4n) is 5.15. The Morgan fingerprint density at radius 1 is 1.39 bits per heavy atom. The zero-order valence-corrected chi connectivity index (χ0v) is 21.1. The highest BCUT2D eigenvalue weighted by Crippen LogP contribution is 2.53. The number of aliphatic hydroxyl groups is 1. The Labute approximate surface area is 212 Å². The van der Waals surface area contributed by atoms with Gasteiger partial charge in [-0.15, -0.1) is 0 Å². The minimum atomic E-state index is -0.306. The Bertz CT molecular complexity index is 1290. The maximum Gasteiger partial charge on any atom is 0.223 e. The predicted octanol–water partition coefficient (Wildman–Crippen LogP) is 4.69. The molecule has 1 aliphatic heterocycles. The molecule has 1 aliphatic carbocycles. The van der Waals surface area contributed by atoms with Crippen molar-refractivity contribution in [2.75, 3.05) is 19.7 Å². The van der Waals surface area contributed by atoms with Crippen molar-refractivity contribution in [3.63, 3.8) is 0 Å². The molecule has 0 unspecified atom stereocenters. The van der Waals surface area contributed by atoms with Crippen LogP contribution in [0, 0.1) is 16.7 Å². The number of nitriles is 1. The van der Waals surface area contributed by atoms with Gasteiger partial charge in [0.05, 0.1) is 24.0 Å². The second kappa shape index (κ2) is 10.5. The molecule has 36 heavy (non-hydrogen) atoms. The Balaban J connectivity index is 1.70. The Morgan fingerprint density at radius 3 is 2.89 bits per heavy atom. The summed E-state index contributed by atoms with van der Waals surface area (Å²) in [5.41, 5.74) is 4.59. The van der Waals surface area contributed by atoms with Crippen molar-refractivity contribution < 1.29 is 14.6 Å². The van der Waals surface area contributed by atoms with E-state index in [2.05, 4.69) is 17.6 Å². The van der Waals surface area contributed by atoms with E-state index in [1.165, 1.54) is 0 Å². The molecule has 0 radical (unpaired) electrons. The number of benzene rings is 1. The highest BCUT2D eigenvalue weighted by Gasteiger charge is 2.49. The first kappa shape index (κ1) is 25.3. The molecule has 1 aromatic carbocycles. The van der Waals surface area contributed by atoms with Gasteiger partial charge in [-0.05, 0) is 69.0 Å². The van der Waals surface area contributed by atoms with Gasteiger partial charge in [-0.1, -0.05) is 18.7 Å². The molecule has 0 bridgehead atoms. The summed E-state index contributed by atoms with van der Waals surface area (Å²) >= 11 is 0. The van der Waals surface area contributed by atoms with Crippen LogP contribution in [0.5, 0.6) is 5.75 Å². The highest BCUT2D eigenvalue weighted by atomic mass is 16.5. The molecule has 2 aromatic rings. The third kappa shape index (κ3) is 4.82. The van der Waals surface area contributed by atoms with Gasteiger partial charge in [0.2, 0.25) is 5.91 Å². The van der Waals surface area contributed by atoms with Gasteiger partial charge in [0.25, 0.3) is 0 Å². The average Bonchev–Trinajstić information content (AvgIpc) is 3.35. The molecule has 2 heterocycles. The van der Waals surface area contributed by atoms with Crippen molar-refractivity contribution in [1.82, 2.24) is 14.9 Å². The number of aliphatic hydroxyl groups excluding tert-OH is 1. The maximum atomic E-state index is 12.6. The predicted molar refractivity (Wildman–Crippen MR) is 139 cm³/mol. The van der Waals surface area contributed by atoms with Gasteiger partial charge in [0.1, 0.15) is 11.8 Å². The Kier molecular flexibility index (Phi) is 7.37. The van der Waals surface area contributed by atoms with Crippen LogP contribution in [-0.2, 0) is 4.79 Å². The van der Waals surface area contributed by atoms with Gasteiger partial charge in [-0.3, -0.25) is 4.79 Å². The molecule has 7 nitrogen and oxygen atoms in total. The van der Waals surface area contributed by atoms with E-state index in [1.54, 1.807) is 23.2 Å². The van der Waals surface area contributed by atoms with Crippen LogP contribution in [0.2, 0.25) is 0 Å². The molecule has 1 aromatic heterocycles. The number of allylic oxidation sites excluding steroid dienone is 4. The van der Waals surface area contributed by atoms with Crippen molar-refractivity contribution >= 4 is 11.5 Å². The fourth-order valence-corrected chi connectivity index (χ4v) is 5.15. The number of likely N-dealkylation sites (tertiary alicyclic amines) is 1. The summed E-state index contributed by atoms with van der Waals surface area (Å²) < 4.78 is 5.75. The van der Waals surface area contributed by atoms with Gasteiger partial charge in [-0.25, -0.2) is 9.97 Å². The summed E-state index contributed by atoms with van der Waals surface area (Å²) in [6.07, 6.45) is 7.69. The lowest BCUT2D eigenvalue weighted by molar-refractivity contribution is -0.128. The number of hydrogen-bond acceptors (Lipinski definition) is 6. The van der Waals surface area contributed by atoms with Crippen LogP contribution < -0.4 is 4.74 Å². The third-order valence-corrected chi connectivity index (χ3v) is 6.88. The zero-order chi connectivity index (χ0) is 25.9. The summed E-state index contributed by atoms with van der Waals surface area (Å²) in [6.45, 7) is 11.1. The van der Waals surface area contributed by atoms with E-state index in [0.717, 1.165) is 35.1 Å². The van der Waals surface area contributed by atoms with Crippen molar-refractivity contribution in [1.29, 1.82) is 5.26 Å². The topological polar surface area (TPSA) is 99.3 Å². The quantitative estimate of drug-likeness (QED) is 0.612. The molecular formula is C29H32N4O3. The second-order valence-electron chi connectivity index (χ2n) is 9.62. The molecule has 1 N–H and O–H groups in total. The monoisotopic (exact) mass is 484 g/mol. The van der Waals surface area contributed by atoms with Crippen molar-refractivity contribution in [2.45, 2.75) is 46.1 Å². The van der Waals surface area contributed by atoms with E-state index in [-0.39, 0.29) is 24.0 Å². The van der Waals surface area contributed by atoms with Gasteiger partial charge < -0.3 is 14.7 Å². The van der Waals surface area contributed by atoms with E-state index >= 15 is 0 Å². The van der Waals surface area contributed by atoms with Crippen LogP contribution in [0.4, 0.5) is 0 Å². The first-order chi connectivity index (χ1) is 17.3. The molecular weight excluding hydrogens is 452 g/mol. The number of carbonyl (C=O) groups is 1. The standard InChI is InChI=1S/C29H32N4O3/c1-5-6-24(23-9-11-29(20(23)4)16-27(35)33(18-29)13-14-34)28-31-12-10-25(32-28)21-7-8-26(36-19(2)3)22(15-21)17-30/h5-8,10,12,15,19,34H,4,9,11,13-14,16,18H2,1-3H3/b6-5-,24-23+/t29-/m0/s1. The number of nitrogens with zero attached hydrogens (tertiary/aromatic N) is 4. The maximum absolute atomic E-state index is 12.6. The van der Waals surface area contributed by atoms with Crippen LogP contribution in [0.25, 0.3) is 16.8 Å². The van der Waals surface area contributed by atoms with E-state index in [1.807, 2.05) is 45.1 Å². The molecule has 2 fully saturated rings. The lowest BCUT2D eigenvalue weighted by Crippen LogP contribution is -2.30. The molecule has 1 saturated heterocycles. The van der Waals surface area contributed by atoms with Crippen molar-refractivity contribution in [2.24, 2.45) is 5.41 Å². The van der Waals surface area contributed by atoms with Crippen LogP contribution in [0.3, 0.4) is 0 Å². The summed E-state index contributed by atoms with van der Waals surface area (Å²) in [4.78, 5) is 23.7. The number of aromatic nitrogens is 2. The highest BCUT2D eigenvalue weighted by molar-refractivity contribution is 5.84. The van der Waals surface area contributed by atoms with Gasteiger partial charge in [0, 0.05) is 42.3 Å².